The highest BCUT2D eigenvalue weighted by Crippen LogP contribution is 2.28. The molecule has 0 atom stereocenters. The molecule has 7 heteroatoms. The van der Waals surface area contributed by atoms with Crippen molar-refractivity contribution in [2.45, 2.75) is 6.61 Å². The van der Waals surface area contributed by atoms with E-state index < -0.39 is 5.97 Å². The van der Waals surface area contributed by atoms with Crippen molar-refractivity contribution in [1.29, 1.82) is 0 Å². The quantitative estimate of drug-likeness (QED) is 0.357. The van der Waals surface area contributed by atoms with E-state index in [4.69, 9.17) is 32.7 Å². The number of carbonyl (C=O) groups is 1. The molecule has 0 aliphatic carbocycles. The lowest BCUT2D eigenvalue weighted by Crippen LogP contribution is -2.06. The van der Waals surface area contributed by atoms with Crippen molar-refractivity contribution < 1.29 is 18.7 Å². The lowest BCUT2D eigenvalue weighted by atomic mass is 10.1. The number of benzene rings is 3. The van der Waals surface area contributed by atoms with Gasteiger partial charge in [0.05, 0.1) is 10.6 Å². The second kappa shape index (κ2) is 8.69. The van der Waals surface area contributed by atoms with Crippen LogP contribution in [0.4, 0.5) is 4.39 Å². The average molecular weight is 442 g/mol. The van der Waals surface area contributed by atoms with Gasteiger partial charge in [-0.15, -0.1) is 0 Å². The Labute approximate surface area is 182 Å². The molecular formula is C23H14Cl2FNO3. The van der Waals surface area contributed by atoms with Crippen molar-refractivity contribution in [3.05, 3.63) is 105 Å². The molecule has 0 fully saturated rings. The topological polar surface area (TPSA) is 47.9 Å². The van der Waals surface area contributed by atoms with Crippen LogP contribution in [0.15, 0.2) is 77.4 Å². The number of carbonyl (C=O) groups excluding carboxylic acids is 1. The second-order valence-corrected chi connectivity index (χ2v) is 7.22. The normalized spacial score (nSPS) is 14.6. The fourth-order valence-corrected chi connectivity index (χ4v) is 3.21. The smallest absolute Gasteiger partial charge is 0.363 e. The molecule has 0 radical (unpaired) electrons. The van der Waals surface area contributed by atoms with Gasteiger partial charge in [-0.1, -0.05) is 59.6 Å². The third kappa shape index (κ3) is 4.37. The summed E-state index contributed by atoms with van der Waals surface area (Å²) in [4.78, 5) is 16.6. The lowest BCUT2D eigenvalue weighted by Gasteiger charge is -2.10. The number of nitrogens with zero attached hydrogens (tertiary/aromatic N) is 1. The fraction of sp³-hybridized carbons (Fsp3) is 0.0435. The van der Waals surface area contributed by atoms with Crippen molar-refractivity contribution in [3.63, 3.8) is 0 Å². The maximum Gasteiger partial charge on any atom is 0.363 e. The van der Waals surface area contributed by atoms with Crippen molar-refractivity contribution in [2.75, 3.05) is 0 Å². The van der Waals surface area contributed by atoms with Crippen LogP contribution < -0.4 is 4.74 Å². The molecule has 4 nitrogen and oxygen atoms in total. The first kappa shape index (κ1) is 20.1. The molecule has 0 unspecified atom stereocenters. The van der Waals surface area contributed by atoms with Gasteiger partial charge in [-0.05, 0) is 36.4 Å². The van der Waals surface area contributed by atoms with Gasteiger partial charge in [-0.25, -0.2) is 14.2 Å². The first-order chi connectivity index (χ1) is 14.5. The fourth-order valence-electron chi connectivity index (χ4n) is 2.84. The largest absolute Gasteiger partial charge is 0.488 e. The van der Waals surface area contributed by atoms with E-state index in [0.717, 1.165) is 0 Å². The van der Waals surface area contributed by atoms with Gasteiger partial charge in [0.1, 0.15) is 18.2 Å². The molecular weight excluding hydrogens is 428 g/mol. The molecule has 1 aliphatic heterocycles. The van der Waals surface area contributed by atoms with Gasteiger partial charge in [0.2, 0.25) is 5.90 Å². The first-order valence-electron chi connectivity index (χ1n) is 8.94. The van der Waals surface area contributed by atoms with Gasteiger partial charge in [0.25, 0.3) is 0 Å². The summed E-state index contributed by atoms with van der Waals surface area (Å²) in [6.07, 6.45) is 1.55. The summed E-state index contributed by atoms with van der Waals surface area (Å²) in [5.74, 6) is -0.417. The van der Waals surface area contributed by atoms with Gasteiger partial charge in [0, 0.05) is 16.1 Å². The molecule has 1 heterocycles. The molecule has 150 valence electrons. The van der Waals surface area contributed by atoms with E-state index in [0.29, 0.717) is 32.5 Å². The Bertz CT molecular complexity index is 1190. The van der Waals surface area contributed by atoms with E-state index in [1.807, 2.05) is 0 Å². The number of rotatable bonds is 5. The van der Waals surface area contributed by atoms with E-state index in [1.165, 1.54) is 6.07 Å². The third-order valence-corrected chi connectivity index (χ3v) is 4.90. The number of cyclic esters (lactones) is 1. The number of halogens is 3. The maximum atomic E-state index is 13.8. The van der Waals surface area contributed by atoms with Crippen LogP contribution in [0, 0.1) is 5.82 Å². The zero-order valence-corrected chi connectivity index (χ0v) is 17.0. The van der Waals surface area contributed by atoms with Crippen LogP contribution in [0.3, 0.4) is 0 Å². The lowest BCUT2D eigenvalue weighted by molar-refractivity contribution is -0.129. The standard InChI is InChI=1S/C23H14Cl2FNO3/c24-16-9-10-18(25)17(12-16)22-27-20(23(28)30-22)11-14-5-2-4-8-21(14)29-13-15-6-1-3-7-19(15)26/h1-12H,13H2/b20-11-. The van der Waals surface area contributed by atoms with Gasteiger partial charge in [-0.3, -0.25) is 0 Å². The average Bonchev–Trinajstić information content (AvgIpc) is 3.10. The van der Waals surface area contributed by atoms with E-state index in [1.54, 1.807) is 66.7 Å². The van der Waals surface area contributed by atoms with Gasteiger partial charge in [0.15, 0.2) is 5.70 Å². The Morgan fingerprint density at radius 3 is 2.63 bits per heavy atom. The summed E-state index contributed by atoms with van der Waals surface area (Å²) in [5, 5.41) is 0.804. The molecule has 0 N–H and O–H groups in total. The number of para-hydroxylation sites is 1. The number of aliphatic imine (C=N–C) groups is 1. The van der Waals surface area contributed by atoms with Crippen LogP contribution in [0.25, 0.3) is 6.08 Å². The molecule has 0 bridgehead atoms. The van der Waals surface area contributed by atoms with Crippen LogP contribution in [-0.2, 0) is 16.1 Å². The molecule has 3 aromatic carbocycles. The molecule has 0 saturated heterocycles. The summed E-state index contributed by atoms with van der Waals surface area (Å²) in [6.45, 7) is 0.0456. The van der Waals surface area contributed by atoms with Gasteiger partial charge < -0.3 is 9.47 Å². The van der Waals surface area contributed by atoms with Crippen molar-refractivity contribution in [1.82, 2.24) is 0 Å². The minimum Gasteiger partial charge on any atom is -0.488 e. The Balaban J connectivity index is 1.62. The molecule has 1 aliphatic rings. The van der Waals surface area contributed by atoms with Crippen LogP contribution in [0.1, 0.15) is 16.7 Å². The van der Waals surface area contributed by atoms with Gasteiger partial charge in [-0.2, -0.15) is 0 Å². The molecule has 0 amide bonds. The highest BCUT2D eigenvalue weighted by molar-refractivity contribution is 6.36. The van der Waals surface area contributed by atoms with E-state index in [9.17, 15) is 9.18 Å². The Hall–Kier alpha value is -3.15. The first-order valence-corrected chi connectivity index (χ1v) is 9.70. The van der Waals surface area contributed by atoms with Crippen LogP contribution in [0.5, 0.6) is 5.75 Å². The summed E-state index contributed by atoms with van der Waals surface area (Å²) in [6, 6.07) is 18.2. The summed E-state index contributed by atoms with van der Waals surface area (Å²) < 4.78 is 24.9. The predicted molar refractivity (Wildman–Crippen MR) is 114 cm³/mol. The zero-order chi connectivity index (χ0) is 21.1. The highest BCUT2D eigenvalue weighted by Gasteiger charge is 2.26. The summed E-state index contributed by atoms with van der Waals surface area (Å²) in [7, 11) is 0. The molecule has 0 saturated carbocycles. The highest BCUT2D eigenvalue weighted by atomic mass is 35.5. The Kier molecular flexibility index (Phi) is 5.84. The van der Waals surface area contributed by atoms with Crippen LogP contribution in [-0.4, -0.2) is 11.9 Å². The zero-order valence-electron chi connectivity index (χ0n) is 15.4. The monoisotopic (exact) mass is 441 g/mol. The van der Waals surface area contributed by atoms with Crippen molar-refractivity contribution in [3.8, 4) is 5.75 Å². The van der Waals surface area contributed by atoms with Crippen LogP contribution >= 0.6 is 23.2 Å². The second-order valence-electron chi connectivity index (χ2n) is 6.38. The van der Waals surface area contributed by atoms with E-state index in [-0.39, 0.29) is 24.0 Å². The number of ether oxygens (including phenoxy) is 2. The predicted octanol–water partition coefficient (Wildman–Crippen LogP) is 6.06. The Morgan fingerprint density at radius 1 is 1.03 bits per heavy atom. The SMILES string of the molecule is O=C1OC(c2cc(Cl)ccc2Cl)=N/C1=C\c1ccccc1OCc1ccccc1F. The molecule has 30 heavy (non-hydrogen) atoms. The van der Waals surface area contributed by atoms with Crippen molar-refractivity contribution >= 4 is 41.1 Å². The van der Waals surface area contributed by atoms with E-state index >= 15 is 0 Å². The molecule has 3 aromatic rings. The van der Waals surface area contributed by atoms with E-state index in [2.05, 4.69) is 4.99 Å². The number of hydrogen-bond acceptors (Lipinski definition) is 4. The summed E-state index contributed by atoms with van der Waals surface area (Å²) in [5.41, 5.74) is 1.53. The van der Waals surface area contributed by atoms with Gasteiger partial charge >= 0.3 is 5.97 Å². The maximum absolute atomic E-state index is 13.8. The number of hydrogen-bond donors (Lipinski definition) is 0. The van der Waals surface area contributed by atoms with Crippen LogP contribution in [0.2, 0.25) is 10.0 Å². The number of esters is 1. The Morgan fingerprint density at radius 2 is 1.80 bits per heavy atom. The third-order valence-electron chi connectivity index (χ3n) is 4.33. The van der Waals surface area contributed by atoms with Crippen molar-refractivity contribution in [2.24, 2.45) is 4.99 Å². The summed E-state index contributed by atoms with van der Waals surface area (Å²) >= 11 is 12.2. The molecule has 0 aromatic heterocycles. The minimum absolute atomic E-state index is 0.0456. The minimum atomic E-state index is -0.620. The molecule has 4 rings (SSSR count). The molecule has 0 spiro atoms.